The van der Waals surface area contributed by atoms with Gasteiger partial charge in [0.15, 0.2) is 8.32 Å². The summed E-state index contributed by atoms with van der Waals surface area (Å²) in [5, 5.41) is 38.5. The Morgan fingerprint density at radius 1 is 0.710 bits per heavy atom. The monoisotopic (exact) mass is 1120 g/mol. The van der Waals surface area contributed by atoms with Crippen molar-refractivity contribution in [3.63, 3.8) is 0 Å². The molecule has 4 heterocycles. The fourth-order valence-corrected chi connectivity index (χ4v) is 16.1. The van der Waals surface area contributed by atoms with Gasteiger partial charge < -0.3 is 49.3 Å². The zero-order valence-corrected chi connectivity index (χ0v) is 45.5. The molecule has 10 rings (SSSR count). The molecule has 4 aromatic rings. The minimum atomic E-state index is -1.72. The van der Waals surface area contributed by atoms with E-state index in [-0.39, 0.29) is 69.9 Å². The summed E-state index contributed by atoms with van der Waals surface area (Å²) >= 11 is 10.7. The van der Waals surface area contributed by atoms with E-state index < -0.39 is 13.7 Å². The number of rotatable bonds is 13. The second kappa shape index (κ2) is 20.7. The van der Waals surface area contributed by atoms with Crippen molar-refractivity contribution < 1.29 is 48.3 Å². The fraction of sp³-hybridized carbons (Fsp3) is 0.500. The number of thioether (sulfide) groups is 2. The second-order valence-corrected chi connectivity index (χ2v) is 28.3. The van der Waals surface area contributed by atoms with Gasteiger partial charge in [-0.05, 0) is 122 Å². The summed E-state index contributed by atoms with van der Waals surface area (Å²) in [4.78, 5) is 25.8. The molecule has 0 bridgehead atoms. The summed E-state index contributed by atoms with van der Waals surface area (Å²) in [5.74, 6) is 5.30. The lowest BCUT2D eigenvalue weighted by atomic mass is 9.64. The van der Waals surface area contributed by atoms with Gasteiger partial charge in [-0.3, -0.25) is 9.59 Å². The highest BCUT2D eigenvalue weighted by Crippen LogP contribution is 2.62. The molecule has 12 nitrogen and oxygen atoms in total. The van der Waals surface area contributed by atoms with Gasteiger partial charge in [0.2, 0.25) is 0 Å². The first kappa shape index (κ1) is 50.7. The Balaban J connectivity index is 0.000000174. The van der Waals surface area contributed by atoms with Gasteiger partial charge >= 0.3 is 0 Å². The van der Waals surface area contributed by atoms with Crippen LogP contribution in [0.4, 0.5) is 0 Å². The number of halogens is 2. The number of hydrogen-bond donors (Lipinski definition) is 5. The van der Waals surface area contributed by atoms with Crippen molar-refractivity contribution in [1.29, 1.82) is 0 Å². The number of carbonyl (C=O) groups excluding carboxylic acids is 2. The molecule has 5 N–H and O–H groups in total. The number of benzene rings is 4. The maximum atomic E-state index is 13.0. The molecule has 370 valence electrons. The number of carbonyl (C=O) groups is 2. The minimum Gasteiger partial charge on any atom is -0.507 e. The van der Waals surface area contributed by atoms with Crippen molar-refractivity contribution in [3.8, 4) is 34.5 Å². The molecule has 4 aliphatic heterocycles. The minimum absolute atomic E-state index is 0.00115. The average Bonchev–Trinajstić information content (AvgIpc) is 3.73. The predicted octanol–water partition coefficient (Wildman–Crippen LogP) is 9.61. The Morgan fingerprint density at radius 2 is 1.14 bits per heavy atom. The van der Waals surface area contributed by atoms with Crippen LogP contribution in [0.1, 0.15) is 78.8 Å². The van der Waals surface area contributed by atoms with Crippen molar-refractivity contribution in [1.82, 2.24) is 10.6 Å². The molecule has 0 aromatic heterocycles. The normalized spacial score (nSPS) is 27.5. The number of ether oxygens (including phenoxy) is 4. The first-order chi connectivity index (χ1) is 33.1. The first-order valence-electron chi connectivity index (χ1n) is 23.8. The number of hydrogen-bond acceptors (Lipinski definition) is 14. The van der Waals surface area contributed by atoms with Crippen LogP contribution in [0, 0.1) is 0 Å². The molecule has 69 heavy (non-hydrogen) atoms. The molecule has 17 heteroatoms. The summed E-state index contributed by atoms with van der Waals surface area (Å²) in [6.07, 6.45) is 2.67. The van der Waals surface area contributed by atoms with Gasteiger partial charge in [0.1, 0.15) is 67.2 Å². The molecule has 2 aliphatic carbocycles. The number of Topliss-reactive ketones (excluding diaryl/α,β-unsaturated/α-hetero) is 2. The van der Waals surface area contributed by atoms with Gasteiger partial charge in [0.25, 0.3) is 0 Å². The molecule has 4 aromatic carbocycles. The summed E-state index contributed by atoms with van der Waals surface area (Å²) in [5.41, 5.74) is 5.87. The van der Waals surface area contributed by atoms with E-state index in [0.717, 1.165) is 57.7 Å². The molecule has 0 radical (unpaired) electrons. The van der Waals surface area contributed by atoms with E-state index >= 15 is 0 Å². The number of aromatic hydroxyl groups is 2. The summed E-state index contributed by atoms with van der Waals surface area (Å²) in [7, 11) is 1.60. The van der Waals surface area contributed by atoms with Gasteiger partial charge in [0.05, 0.1) is 31.7 Å². The zero-order chi connectivity index (χ0) is 48.8. The van der Waals surface area contributed by atoms with Crippen molar-refractivity contribution in [2.24, 2.45) is 0 Å². The molecule has 2 saturated carbocycles. The first-order valence-corrected chi connectivity index (χ1v) is 30.6. The lowest BCUT2D eigenvalue weighted by Gasteiger charge is -2.45. The molecule has 0 saturated heterocycles. The highest BCUT2D eigenvalue weighted by atomic mass is 79.9. The number of phenols is 2. The van der Waals surface area contributed by atoms with E-state index in [9.17, 15) is 24.9 Å². The predicted molar refractivity (Wildman–Crippen MR) is 280 cm³/mol. The quantitative estimate of drug-likeness (QED) is 0.0804. The van der Waals surface area contributed by atoms with Crippen molar-refractivity contribution in [2.75, 3.05) is 27.4 Å². The Bertz CT molecular complexity index is 2570. The van der Waals surface area contributed by atoms with Gasteiger partial charge in [0, 0.05) is 90.6 Å². The number of aliphatic hydroxyl groups excluding tert-OH is 1. The van der Waals surface area contributed by atoms with Crippen LogP contribution < -0.4 is 29.6 Å². The Hall–Kier alpha value is -3.26. The van der Waals surface area contributed by atoms with E-state index in [4.69, 9.17) is 23.4 Å². The Labute approximate surface area is 431 Å². The zero-order valence-electron chi connectivity index (χ0n) is 39.7. The summed E-state index contributed by atoms with van der Waals surface area (Å²) < 4.78 is 31.2. The number of phenolic OH excluding ortho intramolecular Hbond substituents is 2. The molecular formula is C52H62Br2N2O10S2Si. The van der Waals surface area contributed by atoms with Gasteiger partial charge in [-0.1, -0.05) is 31.2 Å². The third-order valence-corrected chi connectivity index (χ3v) is 22.4. The maximum absolute atomic E-state index is 13.0. The smallest absolute Gasteiger partial charge is 0.186 e. The largest absolute Gasteiger partial charge is 0.507 e. The highest BCUT2D eigenvalue weighted by Gasteiger charge is 2.62. The van der Waals surface area contributed by atoms with Gasteiger partial charge in [-0.15, -0.1) is 0 Å². The molecule has 6 aliphatic rings. The van der Waals surface area contributed by atoms with Crippen molar-refractivity contribution in [2.45, 2.75) is 135 Å². The number of methoxy groups -OCH3 is 2. The third-order valence-electron chi connectivity index (χ3n) is 15.3. The number of nitrogens with one attached hydrogen (secondary N) is 2. The second-order valence-electron chi connectivity index (χ2n) is 19.8. The van der Waals surface area contributed by atoms with Crippen molar-refractivity contribution in [3.05, 3.63) is 103 Å². The van der Waals surface area contributed by atoms with Crippen LogP contribution in [-0.4, -0.2) is 97.4 Å². The Kier molecular flexibility index (Phi) is 15.2. The standard InChI is InChI=1S/C28H36BrNO5SSi.C24H26BrNO5S/c1-5-37(3,4)34-15-19-13-28-23(35-27-25(28)18(14-30-19)10-22(32)26(27)29)11-20(31)12-24(28)36-16-17-6-8-21(33-2)9-7-17;1-30-17-4-2-13(3-5-17)12-32-20-8-16(28)7-19-24(20)9-15(11-27)26-10-14-6-18(29)22(25)23(31-19)21(14)24/h6-10,19,23-24,30,32H,5,11-16H2,1-4H3;2-6,15,19-20,26-27,29H,7-12H2,1H3/t19-,23+,24+,28+;15-,19+,20+,24+/m00/s1. The third kappa shape index (κ3) is 9.74. The molecule has 8 atom stereocenters. The van der Waals surface area contributed by atoms with Crippen LogP contribution in [0.3, 0.4) is 0 Å². The van der Waals surface area contributed by atoms with Crippen LogP contribution in [0.2, 0.25) is 19.1 Å². The van der Waals surface area contributed by atoms with E-state index in [1.165, 1.54) is 11.1 Å². The average molecular weight is 1130 g/mol. The molecular weight excluding hydrogens is 1060 g/mol. The SMILES string of the molecule is CC[Si](C)(C)OC[C@@H]1C[C@@]23c4c(cc(O)c(Br)c4O[C@@H]2CC(=O)C[C@H]3SCc2ccc(OC)cc2)CN1.COc1ccc(CS[C@@H]2CC(=O)C[C@H]3Oc4c(Br)c(O)cc5c4[C@]32C[C@@H](CO)NC5)cc1. The van der Waals surface area contributed by atoms with E-state index in [2.05, 4.69) is 86.8 Å². The number of ketones is 2. The summed E-state index contributed by atoms with van der Waals surface area (Å²) in [6.45, 7) is 8.55. The fourth-order valence-electron chi connectivity index (χ4n) is 11.4. The lowest BCUT2D eigenvalue weighted by molar-refractivity contribution is -0.125. The Morgan fingerprint density at radius 3 is 1.57 bits per heavy atom. The molecule has 2 spiro atoms. The van der Waals surface area contributed by atoms with Crippen LogP contribution >= 0.6 is 55.4 Å². The lowest BCUT2D eigenvalue weighted by Crippen LogP contribution is -2.55. The van der Waals surface area contributed by atoms with E-state index in [1.54, 1.807) is 32.0 Å². The van der Waals surface area contributed by atoms with Crippen LogP contribution in [-0.2, 0) is 49.4 Å². The van der Waals surface area contributed by atoms with Gasteiger partial charge in [-0.25, -0.2) is 0 Å². The molecule has 0 unspecified atom stereocenters. The molecule has 0 amide bonds. The van der Waals surface area contributed by atoms with Crippen molar-refractivity contribution >= 4 is 75.3 Å². The highest BCUT2D eigenvalue weighted by molar-refractivity contribution is 9.11. The maximum Gasteiger partial charge on any atom is 0.186 e. The van der Waals surface area contributed by atoms with Gasteiger partial charge in [-0.2, -0.15) is 23.5 Å². The van der Waals surface area contributed by atoms with Crippen LogP contribution in [0.25, 0.3) is 0 Å². The molecule has 2 fully saturated rings. The van der Waals surface area contributed by atoms with Crippen LogP contribution in [0.5, 0.6) is 34.5 Å². The van der Waals surface area contributed by atoms with Crippen LogP contribution in [0.15, 0.2) is 69.6 Å². The number of aliphatic hydroxyl groups is 1. The van der Waals surface area contributed by atoms with E-state index in [0.29, 0.717) is 72.2 Å². The van der Waals surface area contributed by atoms with E-state index in [1.807, 2.05) is 42.1 Å². The summed E-state index contributed by atoms with van der Waals surface area (Å²) in [6, 6.07) is 20.9. The topological polar surface area (TPSA) is 165 Å².